The predicted octanol–water partition coefficient (Wildman–Crippen LogP) is 3.48. The van der Waals surface area contributed by atoms with E-state index in [4.69, 9.17) is 0 Å². The van der Waals surface area contributed by atoms with Crippen molar-refractivity contribution in [2.24, 2.45) is 17.8 Å². The number of aliphatic carboxylic acids is 1. The summed E-state index contributed by atoms with van der Waals surface area (Å²) in [6.45, 7) is 5.42. The number of nitrogens with zero attached hydrogens (tertiary/aromatic N) is 1. The quantitative estimate of drug-likeness (QED) is 0.813. The number of amides is 2. The number of fused-ring (bicyclic) bond motifs is 1. The fraction of sp³-hybridized carbons (Fsp3) is 0.435. The molecular weight excluding hydrogens is 354 g/mol. The standard InChI is InChI=1S/C23H25NO4/c1-4-5-8-13-11-16-14-9-6-7-10-15(14)17(13)19-18(16)21(25)24(22(19)26)20(12(2)3)23(27)28/h4-10,12,16-20H,11H2,1-3H3,(H,27,28). The minimum absolute atomic E-state index is 0.0780. The van der Waals surface area contributed by atoms with Gasteiger partial charge in [0, 0.05) is 11.8 Å². The number of carboxylic acids is 1. The van der Waals surface area contributed by atoms with Crippen LogP contribution in [0.1, 0.15) is 50.2 Å². The summed E-state index contributed by atoms with van der Waals surface area (Å²) < 4.78 is 0. The van der Waals surface area contributed by atoms with Gasteiger partial charge in [0.25, 0.3) is 0 Å². The van der Waals surface area contributed by atoms with Crippen molar-refractivity contribution in [1.29, 1.82) is 0 Å². The number of carbonyl (C=O) groups is 3. The number of carbonyl (C=O) groups excluding carboxylic acids is 2. The van der Waals surface area contributed by atoms with Crippen molar-refractivity contribution in [2.75, 3.05) is 0 Å². The Kier molecular flexibility index (Phi) is 4.48. The highest BCUT2D eigenvalue weighted by atomic mass is 16.4. The second kappa shape index (κ2) is 6.73. The molecule has 1 aromatic carbocycles. The molecule has 5 unspecified atom stereocenters. The van der Waals surface area contributed by atoms with Crippen LogP contribution in [0.4, 0.5) is 0 Å². The monoisotopic (exact) mass is 379 g/mol. The van der Waals surface area contributed by atoms with E-state index in [1.165, 1.54) is 0 Å². The predicted molar refractivity (Wildman–Crippen MR) is 105 cm³/mol. The van der Waals surface area contributed by atoms with E-state index in [2.05, 4.69) is 6.08 Å². The van der Waals surface area contributed by atoms with E-state index in [0.29, 0.717) is 0 Å². The van der Waals surface area contributed by atoms with Crippen molar-refractivity contribution < 1.29 is 19.5 Å². The Morgan fingerprint density at radius 2 is 1.79 bits per heavy atom. The van der Waals surface area contributed by atoms with Gasteiger partial charge in [0.15, 0.2) is 0 Å². The summed E-state index contributed by atoms with van der Waals surface area (Å²) in [4.78, 5) is 39.7. The highest BCUT2D eigenvalue weighted by molar-refractivity contribution is 6.09. The Labute approximate surface area is 164 Å². The highest BCUT2D eigenvalue weighted by Crippen LogP contribution is 2.61. The van der Waals surface area contributed by atoms with Crippen LogP contribution in [0.3, 0.4) is 0 Å². The summed E-state index contributed by atoms with van der Waals surface area (Å²) in [6, 6.07) is 6.92. The molecule has 1 heterocycles. The average molecular weight is 379 g/mol. The zero-order valence-corrected chi connectivity index (χ0v) is 16.3. The lowest BCUT2D eigenvalue weighted by Crippen LogP contribution is -2.48. The first-order valence-electron chi connectivity index (χ1n) is 9.88. The van der Waals surface area contributed by atoms with Crippen LogP contribution in [0.25, 0.3) is 0 Å². The van der Waals surface area contributed by atoms with Crippen molar-refractivity contribution in [2.45, 2.75) is 45.1 Å². The molecule has 3 aliphatic carbocycles. The lowest BCUT2D eigenvalue weighted by molar-refractivity contribution is -0.157. The van der Waals surface area contributed by atoms with Crippen LogP contribution < -0.4 is 0 Å². The Bertz CT molecular complexity index is 913. The summed E-state index contributed by atoms with van der Waals surface area (Å²) in [5.41, 5.74) is 3.39. The molecule has 5 rings (SSSR count). The molecule has 1 saturated heterocycles. The number of allylic oxidation sites excluding steroid dienone is 4. The molecule has 0 aromatic heterocycles. The van der Waals surface area contributed by atoms with Crippen molar-refractivity contribution in [3.05, 3.63) is 59.2 Å². The van der Waals surface area contributed by atoms with Gasteiger partial charge in [0.2, 0.25) is 11.8 Å². The van der Waals surface area contributed by atoms with Gasteiger partial charge in [-0.2, -0.15) is 0 Å². The number of hydrogen-bond donors (Lipinski definition) is 1. The SMILES string of the molecule is CC=CC=C1CC2c3ccccc3C1C1C(=O)N(C(C(=O)O)C(C)C)C(=O)C21. The first-order chi connectivity index (χ1) is 13.4. The van der Waals surface area contributed by atoms with E-state index >= 15 is 0 Å². The van der Waals surface area contributed by atoms with Gasteiger partial charge in [0.05, 0.1) is 11.8 Å². The summed E-state index contributed by atoms with van der Waals surface area (Å²) >= 11 is 0. The van der Waals surface area contributed by atoms with Gasteiger partial charge < -0.3 is 5.11 Å². The number of hydrogen-bond acceptors (Lipinski definition) is 3. The zero-order chi connectivity index (χ0) is 20.2. The molecule has 2 amide bonds. The minimum atomic E-state index is -1.12. The second-order valence-corrected chi connectivity index (χ2v) is 8.31. The third-order valence-corrected chi connectivity index (χ3v) is 6.48. The van der Waals surface area contributed by atoms with Crippen LogP contribution >= 0.6 is 0 Å². The highest BCUT2D eigenvalue weighted by Gasteiger charge is 2.62. The Morgan fingerprint density at radius 1 is 1.14 bits per heavy atom. The molecular formula is C23H25NO4. The normalized spacial score (nSPS) is 31.0. The van der Waals surface area contributed by atoms with E-state index in [9.17, 15) is 19.5 Å². The van der Waals surface area contributed by atoms with E-state index in [0.717, 1.165) is 28.0 Å². The third-order valence-electron chi connectivity index (χ3n) is 6.48. The maximum absolute atomic E-state index is 13.4. The lowest BCUT2D eigenvalue weighted by atomic mass is 9.55. The van der Waals surface area contributed by atoms with E-state index in [1.54, 1.807) is 13.8 Å². The number of benzene rings is 1. The van der Waals surface area contributed by atoms with Gasteiger partial charge in [-0.25, -0.2) is 4.79 Å². The molecule has 146 valence electrons. The molecule has 1 aliphatic heterocycles. The molecule has 0 spiro atoms. The van der Waals surface area contributed by atoms with Gasteiger partial charge in [-0.05, 0) is 30.4 Å². The Morgan fingerprint density at radius 3 is 2.39 bits per heavy atom. The van der Waals surface area contributed by atoms with Crippen LogP contribution in [-0.2, 0) is 14.4 Å². The second-order valence-electron chi connectivity index (χ2n) is 8.31. The average Bonchev–Trinajstić information content (AvgIpc) is 2.92. The fourth-order valence-electron chi connectivity index (χ4n) is 5.44. The molecule has 1 saturated carbocycles. The molecule has 5 atom stereocenters. The first kappa shape index (κ1) is 18.7. The number of imide groups is 1. The van der Waals surface area contributed by atoms with Crippen molar-refractivity contribution >= 4 is 17.8 Å². The molecule has 5 heteroatoms. The van der Waals surface area contributed by atoms with Crippen molar-refractivity contribution in [3.8, 4) is 0 Å². The van der Waals surface area contributed by atoms with Gasteiger partial charge in [-0.1, -0.05) is 61.9 Å². The molecule has 5 nitrogen and oxygen atoms in total. The van der Waals surface area contributed by atoms with Gasteiger partial charge in [-0.15, -0.1) is 0 Å². The zero-order valence-electron chi connectivity index (χ0n) is 16.3. The largest absolute Gasteiger partial charge is 0.480 e. The molecule has 0 radical (unpaired) electrons. The van der Waals surface area contributed by atoms with Crippen LogP contribution in [0.15, 0.2) is 48.1 Å². The van der Waals surface area contributed by atoms with E-state index in [-0.39, 0.29) is 29.6 Å². The number of rotatable bonds is 4. The van der Waals surface area contributed by atoms with Gasteiger partial charge in [-0.3, -0.25) is 14.5 Å². The minimum Gasteiger partial charge on any atom is -0.480 e. The maximum Gasteiger partial charge on any atom is 0.327 e. The molecule has 2 fully saturated rings. The molecule has 28 heavy (non-hydrogen) atoms. The maximum atomic E-state index is 13.4. The lowest BCUT2D eigenvalue weighted by Gasteiger charge is -2.46. The van der Waals surface area contributed by atoms with Crippen LogP contribution in [0.5, 0.6) is 0 Å². The summed E-state index contributed by atoms with van der Waals surface area (Å²) in [5.74, 6) is -3.31. The van der Waals surface area contributed by atoms with Crippen molar-refractivity contribution in [3.63, 3.8) is 0 Å². The molecule has 1 N–H and O–H groups in total. The Hall–Kier alpha value is -2.69. The van der Waals surface area contributed by atoms with Crippen LogP contribution in [0.2, 0.25) is 0 Å². The first-order valence-corrected chi connectivity index (χ1v) is 9.88. The summed E-state index contributed by atoms with van der Waals surface area (Å²) in [7, 11) is 0. The number of likely N-dealkylation sites (tertiary alicyclic amines) is 1. The van der Waals surface area contributed by atoms with Crippen LogP contribution in [-0.4, -0.2) is 33.8 Å². The molecule has 2 bridgehead atoms. The van der Waals surface area contributed by atoms with Crippen LogP contribution in [0, 0.1) is 17.8 Å². The van der Waals surface area contributed by atoms with Gasteiger partial charge >= 0.3 is 5.97 Å². The third kappa shape index (κ3) is 2.49. The summed E-state index contributed by atoms with van der Waals surface area (Å²) in [5, 5.41) is 9.70. The van der Waals surface area contributed by atoms with Gasteiger partial charge in [0.1, 0.15) is 6.04 Å². The Balaban J connectivity index is 1.85. The molecule has 1 aromatic rings. The molecule has 4 aliphatic rings. The number of carboxylic acid groups (broad SMARTS) is 1. The fourth-order valence-corrected chi connectivity index (χ4v) is 5.44. The van der Waals surface area contributed by atoms with Crippen molar-refractivity contribution in [1.82, 2.24) is 4.90 Å². The summed E-state index contributed by atoms with van der Waals surface area (Å²) in [6.07, 6.45) is 6.72. The topological polar surface area (TPSA) is 74.7 Å². The van der Waals surface area contributed by atoms with E-state index < -0.39 is 23.8 Å². The smallest absolute Gasteiger partial charge is 0.327 e. The van der Waals surface area contributed by atoms with E-state index in [1.807, 2.05) is 43.3 Å².